The van der Waals surface area contributed by atoms with Gasteiger partial charge < -0.3 is 0 Å². The summed E-state index contributed by atoms with van der Waals surface area (Å²) in [6.07, 6.45) is 5.91. The summed E-state index contributed by atoms with van der Waals surface area (Å²) in [6, 6.07) is 4.19. The zero-order valence-electron chi connectivity index (χ0n) is 10.5. The van der Waals surface area contributed by atoms with Crippen LogP contribution in [0.2, 0.25) is 0 Å². The highest BCUT2D eigenvalue weighted by Gasteiger charge is 2.12. The van der Waals surface area contributed by atoms with E-state index in [9.17, 15) is 0 Å². The zero-order valence-corrected chi connectivity index (χ0v) is 10.5. The van der Waals surface area contributed by atoms with Crippen LogP contribution < -0.4 is 0 Å². The van der Waals surface area contributed by atoms with Crippen molar-refractivity contribution in [2.75, 3.05) is 0 Å². The fourth-order valence-corrected chi connectivity index (χ4v) is 1.85. The molecule has 0 aromatic carbocycles. The molecule has 2 rings (SSSR count). The van der Waals surface area contributed by atoms with Crippen molar-refractivity contribution < 1.29 is 0 Å². The first-order valence-electron chi connectivity index (χ1n) is 6.12. The molecule has 1 heterocycles. The van der Waals surface area contributed by atoms with E-state index >= 15 is 0 Å². The summed E-state index contributed by atoms with van der Waals surface area (Å²) < 4.78 is 0. The summed E-state index contributed by atoms with van der Waals surface area (Å²) in [7, 11) is 0. The van der Waals surface area contributed by atoms with E-state index in [1.54, 1.807) is 0 Å². The van der Waals surface area contributed by atoms with Crippen LogP contribution in [0, 0.1) is 18.3 Å². The van der Waals surface area contributed by atoms with Crippen LogP contribution in [0.25, 0.3) is 0 Å². The molecule has 2 nitrogen and oxygen atoms in total. The highest BCUT2D eigenvalue weighted by Crippen LogP contribution is 2.21. The van der Waals surface area contributed by atoms with Crippen LogP contribution in [0.1, 0.15) is 55.6 Å². The number of nitriles is 1. The fourth-order valence-electron chi connectivity index (χ4n) is 1.85. The number of pyridine rings is 1. The van der Waals surface area contributed by atoms with Crippen LogP contribution in [-0.4, -0.2) is 4.98 Å². The standard InChI is InChI=1S/C11H12N2.C3H8/c1-8-10(7-12)6-9-4-2-3-5-11(9)13-8;1-3-2/h6H,2-5H2,1H3;3H2,1-2H3. The maximum atomic E-state index is 8.83. The third-order valence-electron chi connectivity index (χ3n) is 2.61. The molecule has 16 heavy (non-hydrogen) atoms. The molecule has 0 unspecified atom stereocenters. The number of nitrogens with zero attached hydrogens (tertiary/aromatic N) is 2. The van der Waals surface area contributed by atoms with Gasteiger partial charge in [-0.3, -0.25) is 4.98 Å². The molecule has 86 valence electrons. The van der Waals surface area contributed by atoms with Crippen LogP contribution in [-0.2, 0) is 12.8 Å². The van der Waals surface area contributed by atoms with Gasteiger partial charge in [-0.2, -0.15) is 5.26 Å². The van der Waals surface area contributed by atoms with Gasteiger partial charge in [-0.15, -0.1) is 0 Å². The lowest BCUT2D eigenvalue weighted by atomic mass is 9.94. The van der Waals surface area contributed by atoms with Gasteiger partial charge in [-0.25, -0.2) is 0 Å². The Kier molecular flexibility index (Phi) is 4.98. The van der Waals surface area contributed by atoms with Crippen molar-refractivity contribution in [2.24, 2.45) is 0 Å². The van der Waals surface area contributed by atoms with E-state index < -0.39 is 0 Å². The van der Waals surface area contributed by atoms with Crippen LogP contribution in [0.5, 0.6) is 0 Å². The van der Waals surface area contributed by atoms with Gasteiger partial charge >= 0.3 is 0 Å². The predicted molar refractivity (Wildman–Crippen MR) is 66.3 cm³/mol. The number of aromatic nitrogens is 1. The molecule has 0 radical (unpaired) electrons. The van der Waals surface area contributed by atoms with Gasteiger partial charge in [0.25, 0.3) is 0 Å². The third-order valence-corrected chi connectivity index (χ3v) is 2.61. The fraction of sp³-hybridized carbons (Fsp3) is 0.571. The summed E-state index contributed by atoms with van der Waals surface area (Å²) in [6.45, 7) is 6.16. The van der Waals surface area contributed by atoms with Gasteiger partial charge in [0, 0.05) is 5.69 Å². The van der Waals surface area contributed by atoms with Crippen molar-refractivity contribution >= 4 is 0 Å². The maximum absolute atomic E-state index is 8.83. The van der Waals surface area contributed by atoms with E-state index in [4.69, 9.17) is 5.26 Å². The smallest absolute Gasteiger partial charge is 0.101 e. The number of fused-ring (bicyclic) bond motifs is 1. The highest BCUT2D eigenvalue weighted by atomic mass is 14.7. The molecular weight excluding hydrogens is 196 g/mol. The quantitative estimate of drug-likeness (QED) is 0.665. The Morgan fingerprint density at radius 3 is 2.56 bits per heavy atom. The third kappa shape index (κ3) is 3.06. The first kappa shape index (κ1) is 12.7. The van der Waals surface area contributed by atoms with Crippen LogP contribution >= 0.6 is 0 Å². The minimum absolute atomic E-state index is 0.737. The molecule has 0 bridgehead atoms. The van der Waals surface area contributed by atoms with Crippen molar-refractivity contribution in [3.05, 3.63) is 28.6 Å². The molecule has 0 spiro atoms. The van der Waals surface area contributed by atoms with E-state index in [2.05, 4.69) is 24.9 Å². The van der Waals surface area contributed by atoms with Gasteiger partial charge in [-0.1, -0.05) is 20.3 Å². The Morgan fingerprint density at radius 1 is 1.31 bits per heavy atom. The maximum Gasteiger partial charge on any atom is 0.101 e. The number of hydrogen-bond acceptors (Lipinski definition) is 2. The minimum Gasteiger partial charge on any atom is -0.257 e. The summed E-state index contributed by atoms with van der Waals surface area (Å²) in [5, 5.41) is 8.83. The van der Waals surface area contributed by atoms with Crippen LogP contribution in [0.4, 0.5) is 0 Å². The number of rotatable bonds is 0. The lowest BCUT2D eigenvalue weighted by molar-refractivity contribution is 0.665. The first-order chi connectivity index (χ1) is 7.72. The van der Waals surface area contributed by atoms with Crippen molar-refractivity contribution in [3.8, 4) is 6.07 Å². The van der Waals surface area contributed by atoms with Crippen molar-refractivity contribution in [1.82, 2.24) is 4.98 Å². The number of hydrogen-bond donors (Lipinski definition) is 0. The summed E-state index contributed by atoms with van der Waals surface area (Å²) in [5.74, 6) is 0. The lowest BCUT2D eigenvalue weighted by Gasteiger charge is -2.15. The van der Waals surface area contributed by atoms with Gasteiger partial charge in [0.1, 0.15) is 6.07 Å². The second-order valence-electron chi connectivity index (χ2n) is 4.25. The topological polar surface area (TPSA) is 36.7 Å². The van der Waals surface area contributed by atoms with Crippen LogP contribution in [0.3, 0.4) is 0 Å². The Bertz CT molecular complexity index is 388. The van der Waals surface area contributed by atoms with E-state index in [1.165, 1.54) is 30.5 Å². The van der Waals surface area contributed by atoms with E-state index in [-0.39, 0.29) is 0 Å². The normalized spacial score (nSPS) is 13.1. The SMILES string of the molecule is CCC.Cc1nc2c(cc1C#N)CCCC2. The van der Waals surface area contributed by atoms with Crippen molar-refractivity contribution in [2.45, 2.75) is 52.9 Å². The van der Waals surface area contributed by atoms with Gasteiger partial charge in [0.15, 0.2) is 0 Å². The molecule has 0 saturated heterocycles. The van der Waals surface area contributed by atoms with E-state index in [1.807, 2.05) is 13.0 Å². The van der Waals surface area contributed by atoms with Crippen molar-refractivity contribution in [1.29, 1.82) is 5.26 Å². The average Bonchev–Trinajstić information content (AvgIpc) is 2.29. The predicted octanol–water partition coefficient (Wildman–Crippen LogP) is 3.56. The Labute approximate surface area is 98.3 Å². The molecule has 0 aliphatic heterocycles. The first-order valence-corrected chi connectivity index (χ1v) is 6.12. The molecule has 0 N–H and O–H groups in total. The Balaban J connectivity index is 0.000000386. The monoisotopic (exact) mass is 216 g/mol. The molecule has 0 amide bonds. The molecule has 2 heteroatoms. The summed E-state index contributed by atoms with van der Waals surface area (Å²) in [5.41, 5.74) is 4.11. The molecule has 1 aliphatic rings. The van der Waals surface area contributed by atoms with Gasteiger partial charge in [0.05, 0.1) is 11.3 Å². The lowest BCUT2D eigenvalue weighted by Crippen LogP contribution is -2.07. The highest BCUT2D eigenvalue weighted by molar-refractivity contribution is 5.39. The summed E-state index contributed by atoms with van der Waals surface area (Å²) in [4.78, 5) is 4.46. The average molecular weight is 216 g/mol. The zero-order chi connectivity index (χ0) is 12.0. The van der Waals surface area contributed by atoms with Gasteiger partial charge in [-0.05, 0) is 44.2 Å². The Morgan fingerprint density at radius 2 is 1.94 bits per heavy atom. The van der Waals surface area contributed by atoms with Crippen molar-refractivity contribution in [3.63, 3.8) is 0 Å². The minimum atomic E-state index is 0.737. The number of aryl methyl sites for hydroxylation is 3. The molecule has 0 saturated carbocycles. The largest absolute Gasteiger partial charge is 0.257 e. The van der Waals surface area contributed by atoms with Crippen LogP contribution in [0.15, 0.2) is 6.07 Å². The van der Waals surface area contributed by atoms with E-state index in [0.29, 0.717) is 0 Å². The Hall–Kier alpha value is -1.36. The molecule has 1 aromatic heterocycles. The van der Waals surface area contributed by atoms with E-state index in [0.717, 1.165) is 24.1 Å². The molecule has 0 fully saturated rings. The second-order valence-corrected chi connectivity index (χ2v) is 4.25. The molecule has 1 aliphatic carbocycles. The molecule has 0 atom stereocenters. The second kappa shape index (κ2) is 6.27. The summed E-state index contributed by atoms with van der Waals surface area (Å²) >= 11 is 0. The van der Waals surface area contributed by atoms with Gasteiger partial charge in [0.2, 0.25) is 0 Å². The molecule has 1 aromatic rings. The molecular formula is C14H20N2.